The predicted octanol–water partition coefficient (Wildman–Crippen LogP) is -6.32. The summed E-state index contributed by atoms with van der Waals surface area (Å²) >= 11 is 0. The molecule has 0 unspecified atom stereocenters. The van der Waals surface area contributed by atoms with Crippen molar-refractivity contribution in [3.05, 3.63) is 42.5 Å². The topological polar surface area (TPSA) is 207 Å². The third-order valence-electron chi connectivity index (χ3n) is 3.18. The first-order valence-corrected chi connectivity index (χ1v) is 13.3. The monoisotopic (exact) mass is 498 g/mol. The van der Waals surface area contributed by atoms with Crippen LogP contribution in [0.3, 0.4) is 0 Å². The zero-order valence-corrected chi connectivity index (χ0v) is 19.5. The third-order valence-corrected chi connectivity index (χ3v) is 6.81. The van der Waals surface area contributed by atoms with Gasteiger partial charge in [-0.1, -0.05) is 0 Å². The quantitative estimate of drug-likeness (QED) is 0.273. The molecule has 0 fully saturated rings. The van der Waals surface area contributed by atoms with E-state index in [2.05, 4.69) is 4.72 Å². The van der Waals surface area contributed by atoms with Crippen LogP contribution >= 0.6 is 0 Å². The van der Waals surface area contributed by atoms with Crippen molar-refractivity contribution in [2.75, 3.05) is 15.7 Å². The summed E-state index contributed by atoms with van der Waals surface area (Å²) in [4.78, 5) is -2.65. The number of anilines is 2. The molecule has 0 spiro atoms. The molecule has 0 bridgehead atoms. The molecule has 0 heterocycles. The largest absolute Gasteiger partial charge is 1.00 e. The van der Waals surface area contributed by atoms with Crippen molar-refractivity contribution in [3.8, 4) is 0 Å². The van der Waals surface area contributed by atoms with Crippen LogP contribution < -0.4 is 47.2 Å². The van der Waals surface area contributed by atoms with Crippen molar-refractivity contribution in [3.63, 3.8) is 0 Å². The van der Waals surface area contributed by atoms with Gasteiger partial charge in [-0.15, -0.1) is 0 Å². The molecule has 31 heavy (non-hydrogen) atoms. The Hall–Kier alpha value is -1.05. The summed E-state index contributed by atoms with van der Waals surface area (Å²) in [7, 11) is -18.4. The number of sulfonamides is 2. The molecule has 2 N–H and O–H groups in total. The molecule has 0 aromatic heterocycles. The molecular weight excluding hydrogens is 486 g/mol. The third kappa shape index (κ3) is 8.78. The first kappa shape index (κ1) is 30.0. The Morgan fingerprint density at radius 3 is 1.39 bits per heavy atom. The van der Waals surface area contributed by atoms with Gasteiger partial charge < -0.3 is 9.11 Å². The fourth-order valence-corrected chi connectivity index (χ4v) is 4.81. The van der Waals surface area contributed by atoms with Crippen LogP contribution in [-0.4, -0.2) is 49.0 Å². The van der Waals surface area contributed by atoms with E-state index >= 15 is 0 Å². The van der Waals surface area contributed by atoms with Crippen LogP contribution in [0.4, 0.5) is 11.4 Å². The molecule has 160 valence electrons. The zero-order chi connectivity index (χ0) is 22.3. The summed E-state index contributed by atoms with van der Waals surface area (Å²) in [6.07, 6.45) is 0.887. The molecule has 0 aliphatic carbocycles. The van der Waals surface area contributed by atoms with E-state index in [9.17, 15) is 42.8 Å². The van der Waals surface area contributed by atoms with Gasteiger partial charge in [0.25, 0.3) is 10.0 Å². The molecule has 0 aliphatic rings. The maximum Gasteiger partial charge on any atom is 1.00 e. The van der Waals surface area contributed by atoms with Gasteiger partial charge in [0.15, 0.2) is 0 Å². The van der Waals surface area contributed by atoms with Crippen LogP contribution in [0.25, 0.3) is 0 Å². The minimum absolute atomic E-state index is 0. The minimum Gasteiger partial charge on any atom is -0.744 e. The van der Waals surface area contributed by atoms with E-state index in [0.717, 1.165) is 30.5 Å². The molecule has 0 radical (unpaired) electrons. The maximum atomic E-state index is 12.4. The molecule has 0 atom stereocenters. The van der Waals surface area contributed by atoms with Gasteiger partial charge in [-0.3, -0.25) is 9.44 Å². The van der Waals surface area contributed by atoms with E-state index in [1.54, 1.807) is 0 Å². The van der Waals surface area contributed by atoms with Gasteiger partial charge in [0, 0.05) is 5.69 Å². The first-order valence-electron chi connectivity index (χ1n) is 7.15. The number of rotatable bonds is 7. The Kier molecular flexibility index (Phi) is 9.92. The fraction of sp³-hybridized carbons (Fsp3) is 0.0769. The standard InChI is InChI=1S/C13H14N2O10S4.2Li/c1-26(16,17)14-9-2-4-11(5-3-9)27(18,19)15-10-6-12(28(20,21)22)8-13(7-10)29(23,24)25;;/h2-8,14-15H,1H3,(H,20,21,22)(H,23,24,25);;/q;2*+1/p-2. The van der Waals surface area contributed by atoms with Crippen LogP contribution in [0.5, 0.6) is 0 Å². The van der Waals surface area contributed by atoms with Crippen LogP contribution in [-0.2, 0) is 40.3 Å². The number of nitrogens with one attached hydrogen (secondary N) is 2. The van der Waals surface area contributed by atoms with Gasteiger partial charge in [0.2, 0.25) is 10.0 Å². The van der Waals surface area contributed by atoms with Crippen molar-refractivity contribution >= 4 is 51.7 Å². The Morgan fingerprint density at radius 1 is 0.613 bits per heavy atom. The van der Waals surface area contributed by atoms with Crippen molar-refractivity contribution in [1.82, 2.24) is 0 Å². The Bertz CT molecular complexity index is 1320. The van der Waals surface area contributed by atoms with Crippen LogP contribution in [0.15, 0.2) is 57.2 Å². The van der Waals surface area contributed by atoms with E-state index in [4.69, 9.17) is 0 Å². The predicted molar refractivity (Wildman–Crippen MR) is 98.1 cm³/mol. The summed E-state index contributed by atoms with van der Waals surface area (Å²) in [6.45, 7) is 0. The molecule has 2 rings (SSSR count). The van der Waals surface area contributed by atoms with Crippen LogP contribution in [0.1, 0.15) is 0 Å². The molecule has 0 aliphatic heterocycles. The normalized spacial score (nSPS) is 12.2. The van der Waals surface area contributed by atoms with Crippen molar-refractivity contribution in [1.29, 1.82) is 0 Å². The number of benzene rings is 2. The summed E-state index contributed by atoms with van der Waals surface area (Å²) in [5, 5.41) is 0. The van der Waals surface area contributed by atoms with Crippen LogP contribution in [0.2, 0.25) is 0 Å². The molecule has 0 saturated carbocycles. The van der Waals surface area contributed by atoms with Crippen molar-refractivity contribution in [2.24, 2.45) is 0 Å². The van der Waals surface area contributed by atoms with Gasteiger partial charge >= 0.3 is 37.7 Å². The number of hydrogen-bond acceptors (Lipinski definition) is 10. The summed E-state index contributed by atoms with van der Waals surface area (Å²) in [5.74, 6) is 0. The average molecular weight is 498 g/mol. The summed E-state index contributed by atoms with van der Waals surface area (Å²) in [5.41, 5.74) is -0.597. The second kappa shape index (κ2) is 10.3. The molecule has 0 amide bonds. The molecule has 0 saturated heterocycles. The summed E-state index contributed by atoms with van der Waals surface area (Å²) < 4.78 is 118. The van der Waals surface area contributed by atoms with E-state index in [1.807, 2.05) is 4.72 Å². The smallest absolute Gasteiger partial charge is 0.744 e. The van der Waals surface area contributed by atoms with Gasteiger partial charge in [-0.05, 0) is 42.5 Å². The zero-order valence-electron chi connectivity index (χ0n) is 16.3. The van der Waals surface area contributed by atoms with Gasteiger partial charge in [0.05, 0.1) is 26.6 Å². The van der Waals surface area contributed by atoms with E-state index in [0.29, 0.717) is 18.2 Å². The van der Waals surface area contributed by atoms with Gasteiger partial charge in [-0.25, -0.2) is 33.7 Å². The minimum atomic E-state index is -5.20. The number of hydrogen-bond donors (Lipinski definition) is 2. The van der Waals surface area contributed by atoms with Gasteiger partial charge in [0.1, 0.15) is 20.2 Å². The van der Waals surface area contributed by atoms with Crippen molar-refractivity contribution < 1.29 is 80.5 Å². The van der Waals surface area contributed by atoms with E-state index < -0.39 is 60.7 Å². The van der Waals surface area contributed by atoms with E-state index in [-0.39, 0.29) is 43.4 Å². The second-order valence-electron chi connectivity index (χ2n) is 5.61. The van der Waals surface area contributed by atoms with Crippen molar-refractivity contribution in [2.45, 2.75) is 14.7 Å². The average Bonchev–Trinajstić information content (AvgIpc) is 2.51. The Balaban J connectivity index is 0.00000450. The van der Waals surface area contributed by atoms with Gasteiger partial charge in [-0.2, -0.15) is 0 Å². The second-order valence-corrected chi connectivity index (χ2v) is 11.8. The van der Waals surface area contributed by atoms with Crippen LogP contribution in [0, 0.1) is 0 Å². The molecular formula is C13H12Li2N2O10S4. The maximum absolute atomic E-state index is 12.4. The molecule has 18 heteroatoms. The first-order chi connectivity index (χ1) is 13.0. The SMILES string of the molecule is CS(=O)(=O)Nc1ccc(S(=O)(=O)Nc2cc(S(=O)(=O)[O-])cc(S(=O)(=O)[O-])c2)cc1.[Li+].[Li+]. The van der Waals surface area contributed by atoms with E-state index in [1.165, 1.54) is 0 Å². The Labute approximate surface area is 203 Å². The Morgan fingerprint density at radius 2 is 1.03 bits per heavy atom. The molecule has 2 aromatic rings. The molecule has 12 nitrogen and oxygen atoms in total. The fourth-order valence-electron chi connectivity index (χ4n) is 2.05. The molecule has 2 aromatic carbocycles. The summed E-state index contributed by atoms with van der Waals surface area (Å²) in [6, 6.07) is 5.68.